The molecule has 0 radical (unpaired) electrons. The number of nitrogens with zero attached hydrogens (tertiary/aromatic N) is 1. The van der Waals surface area contributed by atoms with Crippen molar-refractivity contribution in [2.75, 3.05) is 13.2 Å². The number of benzene rings is 2. The molecule has 0 aliphatic carbocycles. The van der Waals surface area contributed by atoms with Crippen molar-refractivity contribution < 1.29 is 19.4 Å². The Labute approximate surface area is 168 Å². The summed E-state index contributed by atoms with van der Waals surface area (Å²) in [7, 11) is 0. The Balaban J connectivity index is 1.81. The van der Waals surface area contributed by atoms with E-state index in [4.69, 9.17) is 16.3 Å². The van der Waals surface area contributed by atoms with Gasteiger partial charge in [0.15, 0.2) is 0 Å². The summed E-state index contributed by atoms with van der Waals surface area (Å²) in [6, 6.07) is 15.1. The molecule has 4 rings (SSSR count). The molecule has 2 aliphatic rings. The van der Waals surface area contributed by atoms with Crippen LogP contribution in [0.5, 0.6) is 0 Å². The number of ketones is 1. The lowest BCUT2D eigenvalue weighted by molar-refractivity contribution is -0.140. The van der Waals surface area contributed by atoms with Crippen LogP contribution < -0.4 is 0 Å². The van der Waals surface area contributed by atoms with E-state index in [1.165, 1.54) is 4.90 Å². The topological polar surface area (TPSA) is 66.8 Å². The highest BCUT2D eigenvalue weighted by molar-refractivity contribution is 6.46. The standard InChI is InChI=1S/C22H20ClNO4/c23-16-10-8-14(9-11-16)19-18(20(25)15-5-2-1-3-6-15)21(26)22(27)24(19)13-17-7-4-12-28-17/h1-3,5-6,8-11,17,19,25H,4,7,12-13H2. The Kier molecular flexibility index (Phi) is 5.20. The fourth-order valence-electron chi connectivity index (χ4n) is 3.82. The molecule has 0 bridgehead atoms. The van der Waals surface area contributed by atoms with Gasteiger partial charge in [0.2, 0.25) is 0 Å². The summed E-state index contributed by atoms with van der Waals surface area (Å²) in [6.07, 6.45) is 1.67. The Morgan fingerprint density at radius 3 is 2.46 bits per heavy atom. The molecule has 2 unspecified atom stereocenters. The van der Waals surface area contributed by atoms with Gasteiger partial charge in [-0.05, 0) is 30.5 Å². The third-order valence-electron chi connectivity index (χ3n) is 5.20. The normalized spacial score (nSPS) is 24.1. The number of carbonyl (C=O) groups excluding carboxylic acids is 2. The number of ether oxygens (including phenoxy) is 1. The molecule has 2 aromatic carbocycles. The van der Waals surface area contributed by atoms with Gasteiger partial charge in [0.25, 0.3) is 11.7 Å². The van der Waals surface area contributed by atoms with E-state index < -0.39 is 17.7 Å². The minimum Gasteiger partial charge on any atom is -0.507 e. The van der Waals surface area contributed by atoms with E-state index in [2.05, 4.69) is 0 Å². The average Bonchev–Trinajstić information content (AvgIpc) is 3.31. The van der Waals surface area contributed by atoms with E-state index in [0.717, 1.165) is 18.4 Å². The molecule has 144 valence electrons. The van der Waals surface area contributed by atoms with Crippen LogP contribution in [-0.4, -0.2) is 41.0 Å². The van der Waals surface area contributed by atoms with Gasteiger partial charge in [-0.1, -0.05) is 54.1 Å². The maximum absolute atomic E-state index is 12.9. The van der Waals surface area contributed by atoms with Gasteiger partial charge >= 0.3 is 0 Å². The molecule has 2 saturated heterocycles. The number of halogens is 1. The van der Waals surface area contributed by atoms with E-state index in [1.54, 1.807) is 48.5 Å². The molecule has 2 aromatic rings. The monoisotopic (exact) mass is 397 g/mol. The zero-order valence-electron chi connectivity index (χ0n) is 15.2. The molecule has 2 heterocycles. The van der Waals surface area contributed by atoms with Crippen LogP contribution in [0, 0.1) is 0 Å². The Morgan fingerprint density at radius 1 is 1.11 bits per heavy atom. The summed E-state index contributed by atoms with van der Waals surface area (Å²) in [5.74, 6) is -1.47. The molecule has 2 fully saturated rings. The lowest BCUT2D eigenvalue weighted by Gasteiger charge is -2.27. The summed E-state index contributed by atoms with van der Waals surface area (Å²) in [6.45, 7) is 0.966. The summed E-state index contributed by atoms with van der Waals surface area (Å²) in [5.41, 5.74) is 1.31. The van der Waals surface area contributed by atoms with Gasteiger partial charge in [-0.2, -0.15) is 0 Å². The third-order valence-corrected chi connectivity index (χ3v) is 5.45. The quantitative estimate of drug-likeness (QED) is 0.482. The van der Waals surface area contributed by atoms with Crippen molar-refractivity contribution >= 4 is 29.1 Å². The second kappa shape index (κ2) is 7.78. The zero-order valence-corrected chi connectivity index (χ0v) is 15.9. The van der Waals surface area contributed by atoms with E-state index in [-0.39, 0.29) is 17.4 Å². The van der Waals surface area contributed by atoms with E-state index in [1.807, 2.05) is 6.07 Å². The number of rotatable bonds is 4. The van der Waals surface area contributed by atoms with Crippen molar-refractivity contribution in [2.45, 2.75) is 25.0 Å². The van der Waals surface area contributed by atoms with Gasteiger partial charge in [-0.15, -0.1) is 0 Å². The molecule has 1 N–H and O–H groups in total. The van der Waals surface area contributed by atoms with E-state index >= 15 is 0 Å². The van der Waals surface area contributed by atoms with E-state index in [0.29, 0.717) is 23.7 Å². The van der Waals surface area contributed by atoms with Crippen molar-refractivity contribution in [2.24, 2.45) is 0 Å². The van der Waals surface area contributed by atoms with Gasteiger partial charge < -0.3 is 14.7 Å². The van der Waals surface area contributed by atoms with Crippen molar-refractivity contribution in [3.05, 3.63) is 76.3 Å². The van der Waals surface area contributed by atoms with Crippen molar-refractivity contribution in [1.29, 1.82) is 0 Å². The molecule has 0 spiro atoms. The maximum atomic E-state index is 12.9. The van der Waals surface area contributed by atoms with Gasteiger partial charge in [0.1, 0.15) is 5.76 Å². The first-order valence-corrected chi connectivity index (χ1v) is 9.65. The summed E-state index contributed by atoms with van der Waals surface area (Å²) in [4.78, 5) is 27.2. The van der Waals surface area contributed by atoms with Gasteiger partial charge in [0.05, 0.1) is 17.7 Å². The Morgan fingerprint density at radius 2 is 1.82 bits per heavy atom. The average molecular weight is 398 g/mol. The Bertz CT molecular complexity index is 917. The van der Waals surface area contributed by atoms with E-state index in [9.17, 15) is 14.7 Å². The number of likely N-dealkylation sites (tertiary alicyclic amines) is 1. The Hall–Kier alpha value is -2.63. The van der Waals surface area contributed by atoms with Crippen LogP contribution in [0.25, 0.3) is 5.76 Å². The predicted molar refractivity (Wildman–Crippen MR) is 106 cm³/mol. The van der Waals surface area contributed by atoms with Crippen LogP contribution in [0.15, 0.2) is 60.2 Å². The molecule has 28 heavy (non-hydrogen) atoms. The second-order valence-corrected chi connectivity index (χ2v) is 7.44. The fourth-order valence-corrected chi connectivity index (χ4v) is 3.95. The number of aliphatic hydroxyl groups excluding tert-OH is 1. The molecule has 6 heteroatoms. The lowest BCUT2D eigenvalue weighted by atomic mass is 9.95. The van der Waals surface area contributed by atoms with Gasteiger partial charge in [-0.25, -0.2) is 0 Å². The van der Waals surface area contributed by atoms with Crippen LogP contribution in [0.2, 0.25) is 5.02 Å². The fraction of sp³-hybridized carbons (Fsp3) is 0.273. The highest BCUT2D eigenvalue weighted by atomic mass is 35.5. The molecule has 2 atom stereocenters. The first kappa shape index (κ1) is 18.7. The highest BCUT2D eigenvalue weighted by Crippen LogP contribution is 2.40. The molecule has 0 saturated carbocycles. The van der Waals surface area contributed by atoms with Crippen LogP contribution in [0.4, 0.5) is 0 Å². The van der Waals surface area contributed by atoms with Gasteiger partial charge in [-0.3, -0.25) is 9.59 Å². The number of hydrogen-bond acceptors (Lipinski definition) is 4. The molecule has 5 nitrogen and oxygen atoms in total. The zero-order chi connectivity index (χ0) is 19.7. The minimum absolute atomic E-state index is 0.0940. The second-order valence-electron chi connectivity index (χ2n) is 7.00. The molecule has 0 aromatic heterocycles. The van der Waals surface area contributed by atoms with Crippen LogP contribution in [0.3, 0.4) is 0 Å². The number of aliphatic hydroxyl groups is 1. The lowest BCUT2D eigenvalue weighted by Crippen LogP contribution is -2.36. The number of amides is 1. The summed E-state index contributed by atoms with van der Waals surface area (Å²) in [5, 5.41) is 11.5. The van der Waals surface area contributed by atoms with Gasteiger partial charge in [0, 0.05) is 23.7 Å². The maximum Gasteiger partial charge on any atom is 0.295 e. The van der Waals surface area contributed by atoms with Crippen molar-refractivity contribution in [3.63, 3.8) is 0 Å². The minimum atomic E-state index is -0.681. The van der Waals surface area contributed by atoms with Crippen molar-refractivity contribution in [3.8, 4) is 0 Å². The smallest absolute Gasteiger partial charge is 0.295 e. The first-order valence-electron chi connectivity index (χ1n) is 9.27. The van der Waals surface area contributed by atoms with Crippen molar-refractivity contribution in [1.82, 2.24) is 4.90 Å². The number of carbonyl (C=O) groups is 2. The van der Waals surface area contributed by atoms with Crippen LogP contribution >= 0.6 is 11.6 Å². The molecule has 1 amide bonds. The SMILES string of the molecule is O=C1C(=O)N(CC2CCCO2)C(c2ccc(Cl)cc2)C1=C(O)c1ccccc1. The highest BCUT2D eigenvalue weighted by Gasteiger charge is 2.46. The molecule has 2 aliphatic heterocycles. The van der Waals surface area contributed by atoms with Crippen LogP contribution in [-0.2, 0) is 14.3 Å². The molecular weight excluding hydrogens is 378 g/mol. The third kappa shape index (κ3) is 3.43. The number of hydrogen-bond donors (Lipinski definition) is 1. The predicted octanol–water partition coefficient (Wildman–Crippen LogP) is 3.94. The number of Topliss-reactive ketones (excluding diaryl/α,β-unsaturated/α-hetero) is 1. The summed E-state index contributed by atoms with van der Waals surface area (Å²) >= 11 is 6.02. The first-order chi connectivity index (χ1) is 13.6. The van der Waals surface area contributed by atoms with Crippen LogP contribution in [0.1, 0.15) is 30.0 Å². The molecular formula is C22H20ClNO4. The largest absolute Gasteiger partial charge is 0.507 e. The summed E-state index contributed by atoms with van der Waals surface area (Å²) < 4.78 is 5.68.